The molecule has 4 aromatic rings. The van der Waals surface area contributed by atoms with E-state index in [1.165, 1.54) is 0 Å². The Hall–Kier alpha value is -4.00. The number of amides is 1. The Morgan fingerprint density at radius 1 is 1.03 bits per heavy atom. The number of fused-ring (bicyclic) bond motifs is 1. The molecule has 7 nitrogen and oxygen atoms in total. The third kappa shape index (κ3) is 5.40. The first-order valence-corrected chi connectivity index (χ1v) is 12.0. The average Bonchev–Trinajstić information content (AvgIpc) is 3.42. The van der Waals surface area contributed by atoms with Crippen LogP contribution in [0.2, 0.25) is 0 Å². The maximum Gasteiger partial charge on any atom is 0.267 e. The predicted molar refractivity (Wildman–Crippen MR) is 132 cm³/mol. The zero-order chi connectivity index (χ0) is 24.0. The molecule has 1 aliphatic rings. The van der Waals surface area contributed by atoms with Crippen molar-refractivity contribution in [2.24, 2.45) is 0 Å². The number of carbonyl (C=O) groups is 1. The topological polar surface area (TPSA) is 92.1 Å². The summed E-state index contributed by atoms with van der Waals surface area (Å²) in [6.45, 7) is 1.03. The molecule has 3 aromatic heterocycles. The molecule has 3 heterocycles. The first-order chi connectivity index (χ1) is 17.2. The number of nitrogens with one attached hydrogen (secondary N) is 1. The van der Waals surface area contributed by atoms with E-state index in [0.717, 1.165) is 59.2 Å². The maximum atomic E-state index is 13.6. The van der Waals surface area contributed by atoms with Gasteiger partial charge in [0.1, 0.15) is 0 Å². The van der Waals surface area contributed by atoms with E-state index in [9.17, 15) is 9.59 Å². The Labute approximate surface area is 203 Å². The van der Waals surface area contributed by atoms with Crippen molar-refractivity contribution in [2.45, 2.75) is 45.1 Å². The van der Waals surface area contributed by atoms with Crippen LogP contribution in [0.4, 0.5) is 0 Å². The lowest BCUT2D eigenvalue weighted by Crippen LogP contribution is -2.32. The van der Waals surface area contributed by atoms with Crippen LogP contribution in [-0.4, -0.2) is 32.5 Å². The van der Waals surface area contributed by atoms with E-state index in [-0.39, 0.29) is 11.5 Å². The minimum atomic E-state index is -0.0733. The first kappa shape index (κ1) is 22.8. The minimum absolute atomic E-state index is 0.0339. The fourth-order valence-electron chi connectivity index (χ4n) is 4.73. The molecular weight excluding hydrogens is 440 g/mol. The van der Waals surface area contributed by atoms with Gasteiger partial charge in [-0.3, -0.25) is 14.6 Å². The molecule has 1 aromatic carbocycles. The second-order valence-corrected chi connectivity index (χ2v) is 9.01. The molecule has 1 aliphatic carbocycles. The van der Waals surface area contributed by atoms with E-state index in [2.05, 4.69) is 15.2 Å². The smallest absolute Gasteiger partial charge is 0.267 e. The Balaban J connectivity index is 1.37. The molecule has 0 atom stereocenters. The van der Waals surface area contributed by atoms with E-state index in [4.69, 9.17) is 4.42 Å². The van der Waals surface area contributed by atoms with Crippen molar-refractivity contribution < 1.29 is 9.21 Å². The lowest BCUT2D eigenvalue weighted by atomic mass is 9.90. The molecule has 0 saturated carbocycles. The van der Waals surface area contributed by atoms with Crippen molar-refractivity contribution >= 4 is 5.91 Å². The van der Waals surface area contributed by atoms with Gasteiger partial charge < -0.3 is 9.32 Å². The first-order valence-electron chi connectivity index (χ1n) is 12.0. The van der Waals surface area contributed by atoms with Gasteiger partial charge in [0.15, 0.2) is 0 Å². The van der Waals surface area contributed by atoms with Gasteiger partial charge in [-0.1, -0.05) is 18.2 Å². The van der Waals surface area contributed by atoms with Gasteiger partial charge in [-0.2, -0.15) is 5.10 Å². The van der Waals surface area contributed by atoms with Gasteiger partial charge in [0.2, 0.25) is 0 Å². The molecule has 7 heteroatoms. The normalized spacial score (nSPS) is 12.8. The Bertz CT molecular complexity index is 1350. The molecule has 0 fully saturated rings. The SMILES string of the molecule is O=C(c1cccc(Cc2n[nH]c(=O)c3c2CCCC3)c1)N(CCc1cccnc1)Cc1ccoc1. The summed E-state index contributed by atoms with van der Waals surface area (Å²) in [4.78, 5) is 31.8. The number of rotatable bonds is 8. The third-order valence-electron chi connectivity index (χ3n) is 6.56. The van der Waals surface area contributed by atoms with Crippen molar-refractivity contribution in [3.05, 3.63) is 117 Å². The number of pyridine rings is 1. The summed E-state index contributed by atoms with van der Waals surface area (Å²) < 4.78 is 5.22. The number of hydrogen-bond acceptors (Lipinski definition) is 5. The van der Waals surface area contributed by atoms with Crippen molar-refractivity contribution in [3.8, 4) is 0 Å². The van der Waals surface area contributed by atoms with Crippen LogP contribution in [0.15, 0.2) is 76.6 Å². The highest BCUT2D eigenvalue weighted by atomic mass is 16.3. The highest BCUT2D eigenvalue weighted by molar-refractivity contribution is 5.94. The summed E-state index contributed by atoms with van der Waals surface area (Å²) in [5, 5.41) is 7.03. The number of benzene rings is 1. The van der Waals surface area contributed by atoms with Gasteiger partial charge in [0, 0.05) is 48.6 Å². The Kier molecular flexibility index (Phi) is 6.84. The largest absolute Gasteiger partial charge is 0.472 e. The number of nitrogens with zero attached hydrogens (tertiary/aromatic N) is 3. The van der Waals surface area contributed by atoms with Crippen LogP contribution < -0.4 is 5.56 Å². The van der Waals surface area contributed by atoms with Gasteiger partial charge in [0.05, 0.1) is 18.2 Å². The van der Waals surface area contributed by atoms with Crippen molar-refractivity contribution in [2.75, 3.05) is 6.54 Å². The van der Waals surface area contributed by atoms with E-state index >= 15 is 0 Å². The van der Waals surface area contributed by atoms with Crippen molar-refractivity contribution in [3.63, 3.8) is 0 Å². The number of aromatic nitrogens is 3. The standard InChI is InChI=1S/C28H28N4O3/c33-27-25-9-2-1-8-24(25)26(30-31-27)16-21-5-3-7-23(15-21)28(34)32(18-22-11-14-35-19-22)13-10-20-6-4-12-29-17-20/h3-7,11-12,14-15,17,19H,1-2,8-10,13,16,18H2,(H,31,33). The highest BCUT2D eigenvalue weighted by Crippen LogP contribution is 2.23. The molecule has 1 N–H and O–H groups in total. The summed E-state index contributed by atoms with van der Waals surface area (Å²) in [5.41, 5.74) is 6.44. The molecule has 5 rings (SSSR count). The van der Waals surface area contributed by atoms with Crippen LogP contribution in [0.1, 0.15) is 56.7 Å². The predicted octanol–water partition coefficient (Wildman–Crippen LogP) is 4.11. The molecular formula is C28H28N4O3. The molecule has 0 bridgehead atoms. The van der Waals surface area contributed by atoms with Crippen LogP contribution in [-0.2, 0) is 32.2 Å². The van der Waals surface area contributed by atoms with E-state index in [1.807, 2.05) is 53.6 Å². The molecule has 0 aliphatic heterocycles. The van der Waals surface area contributed by atoms with E-state index in [0.29, 0.717) is 31.5 Å². The molecule has 35 heavy (non-hydrogen) atoms. The van der Waals surface area contributed by atoms with Crippen molar-refractivity contribution in [1.29, 1.82) is 0 Å². The summed E-state index contributed by atoms with van der Waals surface area (Å²) in [7, 11) is 0. The van der Waals surface area contributed by atoms with Gasteiger partial charge in [-0.25, -0.2) is 5.10 Å². The molecule has 0 unspecified atom stereocenters. The quantitative estimate of drug-likeness (QED) is 0.420. The highest BCUT2D eigenvalue weighted by Gasteiger charge is 2.20. The van der Waals surface area contributed by atoms with Crippen LogP contribution in [0.25, 0.3) is 0 Å². The summed E-state index contributed by atoms with van der Waals surface area (Å²) >= 11 is 0. The van der Waals surface area contributed by atoms with Crippen LogP contribution >= 0.6 is 0 Å². The monoisotopic (exact) mass is 468 g/mol. The van der Waals surface area contributed by atoms with Gasteiger partial charge in [-0.15, -0.1) is 0 Å². The lowest BCUT2D eigenvalue weighted by Gasteiger charge is -2.23. The lowest BCUT2D eigenvalue weighted by molar-refractivity contribution is 0.0744. The molecule has 1 amide bonds. The van der Waals surface area contributed by atoms with Gasteiger partial charge >= 0.3 is 0 Å². The summed E-state index contributed by atoms with van der Waals surface area (Å²) in [6.07, 6.45) is 12.0. The fraction of sp³-hybridized carbons (Fsp3) is 0.286. The molecule has 0 spiro atoms. The molecule has 0 saturated heterocycles. The Morgan fingerprint density at radius 3 is 2.69 bits per heavy atom. The van der Waals surface area contributed by atoms with Gasteiger partial charge in [0.25, 0.3) is 11.5 Å². The Morgan fingerprint density at radius 2 is 1.89 bits per heavy atom. The van der Waals surface area contributed by atoms with Crippen LogP contribution in [0, 0.1) is 0 Å². The number of hydrogen-bond donors (Lipinski definition) is 1. The third-order valence-corrected chi connectivity index (χ3v) is 6.56. The van der Waals surface area contributed by atoms with Gasteiger partial charge in [-0.05, 0) is 73.1 Å². The summed E-state index contributed by atoms with van der Waals surface area (Å²) in [6, 6.07) is 13.5. The second kappa shape index (κ2) is 10.5. The average molecular weight is 469 g/mol. The zero-order valence-corrected chi connectivity index (χ0v) is 19.6. The van der Waals surface area contributed by atoms with Crippen LogP contribution in [0.3, 0.4) is 0 Å². The van der Waals surface area contributed by atoms with Crippen molar-refractivity contribution in [1.82, 2.24) is 20.1 Å². The second-order valence-electron chi connectivity index (χ2n) is 9.01. The number of furan rings is 1. The zero-order valence-electron chi connectivity index (χ0n) is 19.6. The van der Waals surface area contributed by atoms with E-state index < -0.39 is 0 Å². The van der Waals surface area contributed by atoms with E-state index in [1.54, 1.807) is 18.7 Å². The minimum Gasteiger partial charge on any atom is -0.472 e. The molecule has 0 radical (unpaired) electrons. The number of H-pyrrole nitrogens is 1. The number of carbonyl (C=O) groups excluding carboxylic acids is 1. The maximum absolute atomic E-state index is 13.6. The molecule has 178 valence electrons. The van der Waals surface area contributed by atoms with Crippen LogP contribution in [0.5, 0.6) is 0 Å². The number of aromatic amines is 1. The summed E-state index contributed by atoms with van der Waals surface area (Å²) in [5.74, 6) is -0.0339. The fourth-order valence-corrected chi connectivity index (χ4v) is 4.73.